The van der Waals surface area contributed by atoms with Crippen LogP contribution in [0.1, 0.15) is 52.9 Å². The van der Waals surface area contributed by atoms with Crippen LogP contribution in [0.2, 0.25) is 0 Å². The zero-order valence-electron chi connectivity index (χ0n) is 11.1. The number of ether oxygens (including phenoxy) is 1. The topological polar surface area (TPSA) is 63.6 Å². The first-order chi connectivity index (χ1) is 8.08. The number of carbonyl (C=O) groups excluding carboxylic acids is 1. The maximum absolute atomic E-state index is 11.8. The molecule has 17 heavy (non-hydrogen) atoms. The Bertz CT molecular complexity index is 238. The van der Waals surface area contributed by atoms with E-state index in [-0.39, 0.29) is 5.97 Å². The molecule has 0 spiro atoms. The van der Waals surface area contributed by atoms with Crippen molar-refractivity contribution >= 4 is 11.9 Å². The number of hydrogen-bond donors (Lipinski definition) is 1. The Morgan fingerprint density at radius 3 is 1.94 bits per heavy atom. The first kappa shape index (κ1) is 15.9. The van der Waals surface area contributed by atoms with Crippen LogP contribution >= 0.6 is 0 Å². The smallest absolute Gasteiger partial charge is 0.309 e. The molecule has 4 nitrogen and oxygen atoms in total. The number of carboxylic acid groups (broad SMARTS) is 1. The molecular weight excluding hydrogens is 220 g/mol. The standard InChI is InChI=1S/C13H24O4/c1-4-7-10(12(14)15)11(8-5-2)13(16)17-9-6-3/h10-11H,4-9H2,1-3H3,(H,14,15). The van der Waals surface area contributed by atoms with Gasteiger partial charge in [-0.05, 0) is 19.3 Å². The van der Waals surface area contributed by atoms with E-state index in [0.717, 1.165) is 19.3 Å². The van der Waals surface area contributed by atoms with Crippen LogP contribution in [0.5, 0.6) is 0 Å². The molecule has 0 saturated heterocycles. The molecule has 0 aliphatic rings. The van der Waals surface area contributed by atoms with Crippen LogP contribution in [-0.4, -0.2) is 23.7 Å². The third-order valence-corrected chi connectivity index (χ3v) is 2.75. The zero-order valence-corrected chi connectivity index (χ0v) is 11.1. The molecule has 1 N–H and O–H groups in total. The van der Waals surface area contributed by atoms with Crippen molar-refractivity contribution in [3.05, 3.63) is 0 Å². The molecule has 0 rings (SSSR count). The van der Waals surface area contributed by atoms with Crippen molar-refractivity contribution in [3.8, 4) is 0 Å². The molecule has 2 unspecified atom stereocenters. The molecule has 0 heterocycles. The number of carboxylic acids is 1. The van der Waals surface area contributed by atoms with Gasteiger partial charge in [0.2, 0.25) is 0 Å². The van der Waals surface area contributed by atoms with Crippen molar-refractivity contribution in [2.75, 3.05) is 6.61 Å². The van der Waals surface area contributed by atoms with E-state index in [2.05, 4.69) is 0 Å². The van der Waals surface area contributed by atoms with Crippen molar-refractivity contribution in [1.29, 1.82) is 0 Å². The second-order valence-electron chi connectivity index (χ2n) is 4.30. The maximum atomic E-state index is 11.8. The average Bonchev–Trinajstić information content (AvgIpc) is 2.30. The van der Waals surface area contributed by atoms with Gasteiger partial charge in [0.25, 0.3) is 0 Å². The molecule has 0 fully saturated rings. The van der Waals surface area contributed by atoms with E-state index in [0.29, 0.717) is 19.4 Å². The summed E-state index contributed by atoms with van der Waals surface area (Å²) in [6.45, 7) is 6.17. The second kappa shape index (κ2) is 9.02. The Balaban J connectivity index is 4.64. The lowest BCUT2D eigenvalue weighted by Crippen LogP contribution is -2.31. The van der Waals surface area contributed by atoms with E-state index >= 15 is 0 Å². The number of hydrogen-bond acceptors (Lipinski definition) is 3. The third-order valence-electron chi connectivity index (χ3n) is 2.75. The summed E-state index contributed by atoms with van der Waals surface area (Å²) < 4.78 is 5.08. The lowest BCUT2D eigenvalue weighted by atomic mass is 9.85. The van der Waals surface area contributed by atoms with Gasteiger partial charge < -0.3 is 9.84 Å². The van der Waals surface area contributed by atoms with Crippen LogP contribution in [0.4, 0.5) is 0 Å². The zero-order chi connectivity index (χ0) is 13.3. The van der Waals surface area contributed by atoms with E-state index in [1.54, 1.807) is 0 Å². The Kier molecular flexibility index (Phi) is 8.46. The first-order valence-electron chi connectivity index (χ1n) is 6.47. The highest BCUT2D eigenvalue weighted by molar-refractivity contribution is 5.81. The normalized spacial score (nSPS) is 14.1. The molecule has 0 amide bonds. The molecule has 100 valence electrons. The molecule has 0 saturated carbocycles. The Labute approximate surface area is 103 Å². The van der Waals surface area contributed by atoms with Crippen LogP contribution in [0.15, 0.2) is 0 Å². The summed E-state index contributed by atoms with van der Waals surface area (Å²) in [7, 11) is 0. The summed E-state index contributed by atoms with van der Waals surface area (Å²) in [5, 5.41) is 9.17. The van der Waals surface area contributed by atoms with Crippen LogP contribution in [0.3, 0.4) is 0 Å². The van der Waals surface area contributed by atoms with Crippen molar-refractivity contribution in [1.82, 2.24) is 0 Å². The van der Waals surface area contributed by atoms with Gasteiger partial charge in [-0.3, -0.25) is 9.59 Å². The summed E-state index contributed by atoms with van der Waals surface area (Å²) in [5.74, 6) is -2.35. The largest absolute Gasteiger partial charge is 0.481 e. The predicted molar refractivity (Wildman–Crippen MR) is 65.7 cm³/mol. The molecule has 0 bridgehead atoms. The number of aliphatic carboxylic acids is 1. The highest BCUT2D eigenvalue weighted by Crippen LogP contribution is 2.24. The van der Waals surface area contributed by atoms with Gasteiger partial charge in [-0.2, -0.15) is 0 Å². The van der Waals surface area contributed by atoms with E-state index in [1.807, 2.05) is 20.8 Å². The summed E-state index contributed by atoms with van der Waals surface area (Å²) in [5.41, 5.74) is 0. The molecule has 4 heteroatoms. The monoisotopic (exact) mass is 244 g/mol. The fourth-order valence-corrected chi connectivity index (χ4v) is 1.91. The molecule has 0 aromatic rings. The van der Waals surface area contributed by atoms with Gasteiger partial charge in [-0.1, -0.05) is 33.6 Å². The summed E-state index contributed by atoms with van der Waals surface area (Å²) >= 11 is 0. The molecule has 0 aliphatic carbocycles. The second-order valence-corrected chi connectivity index (χ2v) is 4.30. The molecule has 0 aromatic carbocycles. The average molecular weight is 244 g/mol. The molecule has 0 aliphatic heterocycles. The van der Waals surface area contributed by atoms with E-state index in [1.165, 1.54) is 0 Å². The van der Waals surface area contributed by atoms with Crippen LogP contribution in [0.25, 0.3) is 0 Å². The fourth-order valence-electron chi connectivity index (χ4n) is 1.91. The minimum atomic E-state index is -0.890. The summed E-state index contributed by atoms with van der Waals surface area (Å²) in [4.78, 5) is 23.0. The highest BCUT2D eigenvalue weighted by Gasteiger charge is 2.33. The fraction of sp³-hybridized carbons (Fsp3) is 0.846. The number of carbonyl (C=O) groups is 2. The summed E-state index contributed by atoms with van der Waals surface area (Å²) in [6.07, 6.45) is 3.43. The molecule has 0 radical (unpaired) electrons. The molecule has 0 aromatic heterocycles. The number of rotatable bonds is 9. The van der Waals surface area contributed by atoms with Crippen molar-refractivity contribution < 1.29 is 19.4 Å². The van der Waals surface area contributed by atoms with Gasteiger partial charge in [-0.25, -0.2) is 0 Å². The lowest BCUT2D eigenvalue weighted by molar-refractivity contribution is -0.158. The Hall–Kier alpha value is -1.06. The van der Waals surface area contributed by atoms with E-state index in [9.17, 15) is 9.59 Å². The minimum Gasteiger partial charge on any atom is -0.481 e. The van der Waals surface area contributed by atoms with Crippen LogP contribution in [-0.2, 0) is 14.3 Å². The van der Waals surface area contributed by atoms with E-state index < -0.39 is 17.8 Å². The quantitative estimate of drug-likeness (QED) is 0.633. The van der Waals surface area contributed by atoms with Crippen molar-refractivity contribution in [2.45, 2.75) is 52.9 Å². The summed E-state index contributed by atoms with van der Waals surface area (Å²) in [6, 6.07) is 0. The first-order valence-corrected chi connectivity index (χ1v) is 6.47. The van der Waals surface area contributed by atoms with Gasteiger partial charge in [-0.15, -0.1) is 0 Å². The molecular formula is C13H24O4. The predicted octanol–water partition coefficient (Wildman–Crippen LogP) is 2.86. The van der Waals surface area contributed by atoms with Gasteiger partial charge >= 0.3 is 11.9 Å². The van der Waals surface area contributed by atoms with Gasteiger partial charge in [0.1, 0.15) is 0 Å². The van der Waals surface area contributed by atoms with Crippen LogP contribution < -0.4 is 0 Å². The van der Waals surface area contributed by atoms with Crippen molar-refractivity contribution in [3.63, 3.8) is 0 Å². The third kappa shape index (κ3) is 5.71. The molecule has 2 atom stereocenters. The van der Waals surface area contributed by atoms with E-state index in [4.69, 9.17) is 9.84 Å². The Morgan fingerprint density at radius 1 is 1.00 bits per heavy atom. The Morgan fingerprint density at radius 2 is 1.53 bits per heavy atom. The van der Waals surface area contributed by atoms with Crippen LogP contribution in [0, 0.1) is 11.8 Å². The highest BCUT2D eigenvalue weighted by atomic mass is 16.5. The minimum absolute atomic E-state index is 0.352. The van der Waals surface area contributed by atoms with Gasteiger partial charge in [0, 0.05) is 0 Å². The maximum Gasteiger partial charge on any atom is 0.309 e. The van der Waals surface area contributed by atoms with Gasteiger partial charge in [0.15, 0.2) is 0 Å². The SMILES string of the molecule is CCCOC(=O)C(CCC)C(CCC)C(=O)O. The number of esters is 1. The lowest BCUT2D eigenvalue weighted by Gasteiger charge is -2.21. The van der Waals surface area contributed by atoms with Crippen molar-refractivity contribution in [2.24, 2.45) is 11.8 Å². The van der Waals surface area contributed by atoms with Gasteiger partial charge in [0.05, 0.1) is 18.4 Å².